The summed E-state index contributed by atoms with van der Waals surface area (Å²) in [6.45, 7) is 8.36. The summed E-state index contributed by atoms with van der Waals surface area (Å²) in [4.78, 5) is 14.4. The topological polar surface area (TPSA) is 32.3 Å². The minimum Gasteiger partial charge on any atom is -0.371 e. The van der Waals surface area contributed by atoms with E-state index in [1.165, 1.54) is 24.1 Å². The average Bonchev–Trinajstić information content (AvgIpc) is 2.94. The predicted octanol–water partition coefficient (Wildman–Crippen LogP) is 3.58. The van der Waals surface area contributed by atoms with Gasteiger partial charge in [0.15, 0.2) is 0 Å². The van der Waals surface area contributed by atoms with Gasteiger partial charge in [0.2, 0.25) is 5.91 Å². The summed E-state index contributed by atoms with van der Waals surface area (Å²) in [7, 11) is 0. The SMILES string of the molecule is CCC(C)C(=O)Nc1cccc(N2CCCC2)c1C. The van der Waals surface area contributed by atoms with Crippen molar-refractivity contribution in [3.63, 3.8) is 0 Å². The maximum atomic E-state index is 12.0. The van der Waals surface area contributed by atoms with E-state index in [2.05, 4.69) is 23.2 Å². The number of anilines is 2. The molecule has 0 radical (unpaired) electrons. The molecular weight excluding hydrogens is 236 g/mol. The molecule has 0 aliphatic carbocycles. The van der Waals surface area contributed by atoms with Crippen LogP contribution in [0.5, 0.6) is 0 Å². The summed E-state index contributed by atoms with van der Waals surface area (Å²) in [6.07, 6.45) is 3.41. The van der Waals surface area contributed by atoms with E-state index in [0.717, 1.165) is 25.2 Å². The van der Waals surface area contributed by atoms with Crippen LogP contribution in [0.15, 0.2) is 18.2 Å². The molecule has 104 valence electrons. The second-order valence-electron chi connectivity index (χ2n) is 5.44. The second-order valence-corrected chi connectivity index (χ2v) is 5.44. The number of hydrogen-bond acceptors (Lipinski definition) is 2. The monoisotopic (exact) mass is 260 g/mol. The van der Waals surface area contributed by atoms with E-state index in [4.69, 9.17) is 0 Å². The van der Waals surface area contributed by atoms with Crippen LogP contribution in [0, 0.1) is 12.8 Å². The molecule has 3 heteroatoms. The van der Waals surface area contributed by atoms with Gasteiger partial charge < -0.3 is 10.2 Å². The molecule has 1 aromatic rings. The molecule has 19 heavy (non-hydrogen) atoms. The fourth-order valence-electron chi connectivity index (χ4n) is 2.50. The molecule has 1 amide bonds. The zero-order chi connectivity index (χ0) is 13.8. The van der Waals surface area contributed by atoms with Crippen LogP contribution >= 0.6 is 0 Å². The number of hydrogen-bond donors (Lipinski definition) is 1. The van der Waals surface area contributed by atoms with Gasteiger partial charge in [0.25, 0.3) is 0 Å². The van der Waals surface area contributed by atoms with E-state index < -0.39 is 0 Å². The van der Waals surface area contributed by atoms with Gasteiger partial charge in [-0.1, -0.05) is 19.9 Å². The summed E-state index contributed by atoms with van der Waals surface area (Å²) in [6, 6.07) is 6.18. The lowest BCUT2D eigenvalue weighted by Gasteiger charge is -2.22. The molecule has 1 aliphatic rings. The van der Waals surface area contributed by atoms with E-state index in [1.807, 2.05) is 26.0 Å². The highest BCUT2D eigenvalue weighted by molar-refractivity contribution is 5.93. The van der Waals surface area contributed by atoms with Crippen LogP contribution in [0.1, 0.15) is 38.7 Å². The lowest BCUT2D eigenvalue weighted by atomic mass is 10.1. The van der Waals surface area contributed by atoms with Crippen LogP contribution in [0.3, 0.4) is 0 Å². The third-order valence-electron chi connectivity index (χ3n) is 4.07. The van der Waals surface area contributed by atoms with Crippen LogP contribution in [0.2, 0.25) is 0 Å². The first kappa shape index (κ1) is 13.9. The molecule has 1 atom stereocenters. The summed E-state index contributed by atoms with van der Waals surface area (Å²) >= 11 is 0. The van der Waals surface area contributed by atoms with E-state index in [9.17, 15) is 4.79 Å². The molecule has 1 aliphatic heterocycles. The quantitative estimate of drug-likeness (QED) is 0.897. The van der Waals surface area contributed by atoms with Crippen LogP contribution in [0.4, 0.5) is 11.4 Å². The minimum absolute atomic E-state index is 0.0647. The molecule has 0 bridgehead atoms. The average molecular weight is 260 g/mol. The van der Waals surface area contributed by atoms with Crippen LogP contribution in [-0.2, 0) is 4.79 Å². The van der Waals surface area contributed by atoms with Gasteiger partial charge in [-0.2, -0.15) is 0 Å². The fraction of sp³-hybridized carbons (Fsp3) is 0.562. The van der Waals surface area contributed by atoms with Crippen molar-refractivity contribution in [2.24, 2.45) is 5.92 Å². The zero-order valence-corrected chi connectivity index (χ0v) is 12.2. The van der Waals surface area contributed by atoms with Gasteiger partial charge in [0.05, 0.1) is 0 Å². The second kappa shape index (κ2) is 6.09. The van der Waals surface area contributed by atoms with Gasteiger partial charge in [-0.05, 0) is 43.9 Å². The normalized spacial score (nSPS) is 16.5. The molecule has 0 aromatic heterocycles. The Hall–Kier alpha value is -1.51. The van der Waals surface area contributed by atoms with Gasteiger partial charge in [-0.25, -0.2) is 0 Å². The van der Waals surface area contributed by atoms with Crippen molar-refractivity contribution in [2.75, 3.05) is 23.3 Å². The number of nitrogens with zero attached hydrogens (tertiary/aromatic N) is 1. The van der Waals surface area contributed by atoms with E-state index in [1.54, 1.807) is 0 Å². The van der Waals surface area contributed by atoms with Crippen LogP contribution in [0.25, 0.3) is 0 Å². The van der Waals surface area contributed by atoms with E-state index in [-0.39, 0.29) is 11.8 Å². The Morgan fingerprint density at radius 2 is 2.05 bits per heavy atom. The van der Waals surface area contributed by atoms with Crippen molar-refractivity contribution in [3.8, 4) is 0 Å². The fourth-order valence-corrected chi connectivity index (χ4v) is 2.50. The van der Waals surface area contributed by atoms with Crippen molar-refractivity contribution in [1.82, 2.24) is 0 Å². The molecule has 3 nitrogen and oxygen atoms in total. The van der Waals surface area contributed by atoms with Crippen molar-refractivity contribution in [1.29, 1.82) is 0 Å². The van der Waals surface area contributed by atoms with Crippen molar-refractivity contribution in [2.45, 2.75) is 40.0 Å². The van der Waals surface area contributed by atoms with Gasteiger partial charge >= 0.3 is 0 Å². The highest BCUT2D eigenvalue weighted by atomic mass is 16.1. The van der Waals surface area contributed by atoms with Crippen molar-refractivity contribution in [3.05, 3.63) is 23.8 Å². The number of benzene rings is 1. The molecule has 1 fully saturated rings. The Kier molecular flexibility index (Phi) is 4.46. The number of amides is 1. The number of carbonyl (C=O) groups is 1. The maximum Gasteiger partial charge on any atom is 0.227 e. The van der Waals surface area contributed by atoms with Gasteiger partial charge in [0.1, 0.15) is 0 Å². The van der Waals surface area contributed by atoms with Crippen molar-refractivity contribution < 1.29 is 4.79 Å². The first-order valence-corrected chi connectivity index (χ1v) is 7.29. The standard InChI is InChI=1S/C16H24N2O/c1-4-12(2)16(19)17-14-8-7-9-15(13(14)3)18-10-5-6-11-18/h7-9,12H,4-6,10-11H2,1-3H3,(H,17,19). The van der Waals surface area contributed by atoms with Gasteiger partial charge in [-0.3, -0.25) is 4.79 Å². The Morgan fingerprint density at radius 1 is 1.37 bits per heavy atom. The van der Waals surface area contributed by atoms with E-state index in [0.29, 0.717) is 0 Å². The largest absolute Gasteiger partial charge is 0.371 e. The number of nitrogens with one attached hydrogen (secondary N) is 1. The summed E-state index contributed by atoms with van der Waals surface area (Å²) in [5, 5.41) is 3.06. The summed E-state index contributed by atoms with van der Waals surface area (Å²) < 4.78 is 0. The predicted molar refractivity (Wildman–Crippen MR) is 80.7 cm³/mol. The molecule has 1 unspecified atom stereocenters. The third-order valence-corrected chi connectivity index (χ3v) is 4.07. The highest BCUT2D eigenvalue weighted by Crippen LogP contribution is 2.29. The van der Waals surface area contributed by atoms with Gasteiger partial charge in [-0.15, -0.1) is 0 Å². The molecule has 1 saturated heterocycles. The van der Waals surface area contributed by atoms with Crippen molar-refractivity contribution >= 4 is 17.3 Å². The Bertz CT molecular complexity index is 450. The Morgan fingerprint density at radius 3 is 2.68 bits per heavy atom. The lowest BCUT2D eigenvalue weighted by molar-refractivity contribution is -0.119. The van der Waals surface area contributed by atoms with Gasteiger partial charge in [0, 0.05) is 30.4 Å². The Balaban J connectivity index is 2.17. The summed E-state index contributed by atoms with van der Waals surface area (Å²) in [5.74, 6) is 0.180. The van der Waals surface area contributed by atoms with Crippen LogP contribution < -0.4 is 10.2 Å². The maximum absolute atomic E-state index is 12.0. The smallest absolute Gasteiger partial charge is 0.227 e. The molecule has 1 heterocycles. The molecule has 0 spiro atoms. The first-order chi connectivity index (χ1) is 9.13. The molecule has 1 aromatic carbocycles. The number of rotatable bonds is 4. The number of carbonyl (C=O) groups excluding carboxylic acids is 1. The van der Waals surface area contributed by atoms with E-state index >= 15 is 0 Å². The third kappa shape index (κ3) is 3.09. The lowest BCUT2D eigenvalue weighted by Crippen LogP contribution is -2.22. The summed E-state index contributed by atoms with van der Waals surface area (Å²) in [5.41, 5.74) is 3.40. The van der Waals surface area contributed by atoms with Crippen LogP contribution in [-0.4, -0.2) is 19.0 Å². The minimum atomic E-state index is 0.0647. The first-order valence-electron chi connectivity index (χ1n) is 7.29. The molecular formula is C16H24N2O. The Labute approximate surface area is 116 Å². The highest BCUT2D eigenvalue weighted by Gasteiger charge is 2.17. The molecule has 2 rings (SSSR count). The zero-order valence-electron chi connectivity index (χ0n) is 12.2. The molecule has 0 saturated carbocycles. The molecule has 1 N–H and O–H groups in total.